The Bertz CT molecular complexity index is 348. The van der Waals surface area contributed by atoms with Crippen LogP contribution in [0.5, 0.6) is 0 Å². The molecule has 1 heteroatoms. The van der Waals surface area contributed by atoms with Crippen LogP contribution in [0, 0.1) is 0 Å². The van der Waals surface area contributed by atoms with Crippen molar-refractivity contribution in [3.05, 3.63) is 0 Å². The zero-order chi connectivity index (χ0) is 26.3. The average Bonchev–Trinajstić information content (AvgIpc) is 2.83. The SMILES string of the molecule is CCC.CCCCCCCCCCCCCCC[N+](C)(C)CCCCCCCCCCCCCC. The molecule has 0 aliphatic heterocycles. The van der Waals surface area contributed by atoms with Crippen molar-refractivity contribution in [3.8, 4) is 0 Å². The monoisotopic (exact) mass is 497 g/mol. The van der Waals surface area contributed by atoms with Crippen LogP contribution in [0.3, 0.4) is 0 Å². The van der Waals surface area contributed by atoms with Crippen molar-refractivity contribution in [1.82, 2.24) is 0 Å². The van der Waals surface area contributed by atoms with Gasteiger partial charge in [0.05, 0.1) is 27.2 Å². The van der Waals surface area contributed by atoms with E-state index in [-0.39, 0.29) is 0 Å². The van der Waals surface area contributed by atoms with Crippen molar-refractivity contribution in [3.63, 3.8) is 0 Å². The van der Waals surface area contributed by atoms with Crippen molar-refractivity contribution in [2.45, 2.75) is 195 Å². The minimum Gasteiger partial charge on any atom is -0.328 e. The lowest BCUT2D eigenvalue weighted by molar-refractivity contribution is -0.890. The van der Waals surface area contributed by atoms with Gasteiger partial charge in [0.15, 0.2) is 0 Å². The molecule has 0 radical (unpaired) electrons. The van der Waals surface area contributed by atoms with Crippen LogP contribution < -0.4 is 0 Å². The highest BCUT2D eigenvalue weighted by Crippen LogP contribution is 2.15. The number of unbranched alkanes of at least 4 members (excludes halogenated alkanes) is 23. The van der Waals surface area contributed by atoms with E-state index in [0.717, 1.165) is 0 Å². The van der Waals surface area contributed by atoms with Crippen LogP contribution in [0.1, 0.15) is 195 Å². The Hall–Kier alpha value is -0.0400. The molecule has 0 atom stereocenters. The molecule has 0 fully saturated rings. The van der Waals surface area contributed by atoms with Crippen molar-refractivity contribution in [2.24, 2.45) is 0 Å². The van der Waals surface area contributed by atoms with Gasteiger partial charge < -0.3 is 4.48 Å². The summed E-state index contributed by atoms with van der Waals surface area (Å²) in [6, 6.07) is 0. The molecule has 35 heavy (non-hydrogen) atoms. The van der Waals surface area contributed by atoms with Crippen molar-refractivity contribution < 1.29 is 4.48 Å². The Morgan fingerprint density at radius 2 is 0.457 bits per heavy atom. The van der Waals surface area contributed by atoms with Gasteiger partial charge in [0.1, 0.15) is 0 Å². The van der Waals surface area contributed by atoms with Gasteiger partial charge in [-0.3, -0.25) is 0 Å². The number of hydrogen-bond donors (Lipinski definition) is 0. The van der Waals surface area contributed by atoms with Crippen molar-refractivity contribution in [2.75, 3.05) is 27.2 Å². The van der Waals surface area contributed by atoms with Crippen LogP contribution >= 0.6 is 0 Å². The van der Waals surface area contributed by atoms with E-state index in [1.165, 1.54) is 185 Å². The van der Waals surface area contributed by atoms with E-state index in [1.807, 2.05) is 0 Å². The van der Waals surface area contributed by atoms with Gasteiger partial charge in [-0.2, -0.15) is 0 Å². The maximum atomic E-state index is 2.46. The van der Waals surface area contributed by atoms with Crippen molar-refractivity contribution in [1.29, 1.82) is 0 Å². The Balaban J connectivity index is 0. The molecule has 1 nitrogen and oxygen atoms in total. The zero-order valence-electron chi connectivity index (χ0n) is 26.2. The summed E-state index contributed by atoms with van der Waals surface area (Å²) in [5.41, 5.74) is 0. The predicted molar refractivity (Wildman–Crippen MR) is 165 cm³/mol. The van der Waals surface area contributed by atoms with Gasteiger partial charge in [-0.05, 0) is 25.7 Å². The van der Waals surface area contributed by atoms with E-state index in [1.54, 1.807) is 0 Å². The van der Waals surface area contributed by atoms with Gasteiger partial charge >= 0.3 is 0 Å². The fraction of sp³-hybridized carbons (Fsp3) is 1.00. The Morgan fingerprint density at radius 3 is 0.657 bits per heavy atom. The van der Waals surface area contributed by atoms with E-state index >= 15 is 0 Å². The van der Waals surface area contributed by atoms with Crippen LogP contribution in [0.25, 0.3) is 0 Å². The topological polar surface area (TPSA) is 0 Å². The summed E-state index contributed by atoms with van der Waals surface area (Å²) < 4.78 is 1.25. The molecule has 0 N–H and O–H groups in total. The Kier molecular flexibility index (Phi) is 33.9. The van der Waals surface area contributed by atoms with E-state index in [9.17, 15) is 0 Å². The van der Waals surface area contributed by atoms with Crippen LogP contribution in [0.4, 0.5) is 0 Å². The fourth-order valence-corrected chi connectivity index (χ4v) is 5.05. The van der Waals surface area contributed by atoms with Crippen LogP contribution in [0.2, 0.25) is 0 Å². The van der Waals surface area contributed by atoms with E-state index in [2.05, 4.69) is 41.8 Å². The van der Waals surface area contributed by atoms with Crippen LogP contribution in [0.15, 0.2) is 0 Å². The predicted octanol–water partition coefficient (Wildman–Crippen LogP) is 12.3. The minimum absolute atomic E-state index is 1.25. The highest BCUT2D eigenvalue weighted by Gasteiger charge is 2.13. The molecular formula is C34H74N+. The lowest BCUT2D eigenvalue weighted by Gasteiger charge is -2.30. The quantitative estimate of drug-likeness (QED) is 0.0783. The summed E-state index contributed by atoms with van der Waals surface area (Å²) in [6.45, 7) is 11.6. The summed E-state index contributed by atoms with van der Waals surface area (Å²) in [7, 11) is 4.91. The summed E-state index contributed by atoms with van der Waals surface area (Å²) >= 11 is 0. The molecule has 0 saturated carbocycles. The zero-order valence-corrected chi connectivity index (χ0v) is 26.2. The third-order valence-electron chi connectivity index (χ3n) is 7.48. The molecule has 0 aromatic heterocycles. The molecule has 0 amide bonds. The standard InChI is InChI=1S/C31H66N.C3H8/c1-5-7-9-11-13-15-17-19-21-23-25-27-29-31-32(3,4)30-28-26-24-22-20-18-16-14-12-10-8-6-2;1-3-2/h5-31H2,1-4H3;3H2,1-2H3/q+1;. The molecule has 0 bridgehead atoms. The molecule has 0 saturated heterocycles. The van der Waals surface area contributed by atoms with Gasteiger partial charge in [0.25, 0.3) is 0 Å². The summed E-state index contributed by atoms with van der Waals surface area (Å²) in [5, 5.41) is 0. The van der Waals surface area contributed by atoms with E-state index in [0.29, 0.717) is 0 Å². The van der Waals surface area contributed by atoms with Gasteiger partial charge in [0, 0.05) is 0 Å². The second-order valence-electron chi connectivity index (χ2n) is 12.2. The molecule has 0 aliphatic carbocycles. The Morgan fingerprint density at radius 1 is 0.286 bits per heavy atom. The molecule has 0 heterocycles. The number of nitrogens with zero attached hydrogens (tertiary/aromatic N) is 1. The van der Waals surface area contributed by atoms with Crippen LogP contribution in [-0.4, -0.2) is 31.7 Å². The third kappa shape index (κ3) is 36.2. The summed E-state index contributed by atoms with van der Waals surface area (Å²) in [5.74, 6) is 0. The maximum absolute atomic E-state index is 2.46. The summed E-state index contributed by atoms with van der Waals surface area (Å²) in [6.07, 6.45) is 37.7. The van der Waals surface area contributed by atoms with Gasteiger partial charge in [-0.15, -0.1) is 0 Å². The number of rotatable bonds is 27. The largest absolute Gasteiger partial charge is 0.328 e. The van der Waals surface area contributed by atoms with Gasteiger partial charge in [-0.25, -0.2) is 0 Å². The first kappa shape index (κ1) is 37.1. The highest BCUT2D eigenvalue weighted by molar-refractivity contribution is 4.51. The smallest absolute Gasteiger partial charge is 0.0782 e. The molecule has 0 spiro atoms. The summed E-state index contributed by atoms with van der Waals surface area (Å²) in [4.78, 5) is 0. The van der Waals surface area contributed by atoms with E-state index in [4.69, 9.17) is 0 Å². The first-order chi connectivity index (χ1) is 17.0. The Labute approximate surface area is 226 Å². The second kappa shape index (κ2) is 32.0. The van der Waals surface area contributed by atoms with E-state index < -0.39 is 0 Å². The lowest BCUT2D eigenvalue weighted by Crippen LogP contribution is -2.41. The molecule has 0 aliphatic rings. The number of hydrogen-bond acceptors (Lipinski definition) is 0. The second-order valence-corrected chi connectivity index (χ2v) is 12.2. The molecule has 0 aromatic carbocycles. The molecule has 214 valence electrons. The first-order valence-electron chi connectivity index (χ1n) is 16.9. The van der Waals surface area contributed by atoms with Gasteiger partial charge in [0.2, 0.25) is 0 Å². The first-order valence-corrected chi connectivity index (χ1v) is 16.9. The fourth-order valence-electron chi connectivity index (χ4n) is 5.05. The number of quaternary nitrogens is 1. The van der Waals surface area contributed by atoms with Crippen molar-refractivity contribution >= 4 is 0 Å². The van der Waals surface area contributed by atoms with Gasteiger partial charge in [-0.1, -0.05) is 169 Å². The highest BCUT2D eigenvalue weighted by atomic mass is 15.3. The molecule has 0 unspecified atom stereocenters. The molecular weight excluding hydrogens is 422 g/mol. The maximum Gasteiger partial charge on any atom is 0.0782 e. The average molecular weight is 497 g/mol. The molecule has 0 rings (SSSR count). The lowest BCUT2D eigenvalue weighted by atomic mass is 10.0. The third-order valence-corrected chi connectivity index (χ3v) is 7.48. The normalized spacial score (nSPS) is 11.5. The molecule has 0 aromatic rings. The van der Waals surface area contributed by atoms with Crippen LogP contribution in [-0.2, 0) is 0 Å². The minimum atomic E-state index is 1.25.